The number of fused-ring (bicyclic) bond motifs is 1. The molecular weight excluding hydrogens is 232 g/mol. The number of hydrogen-bond donors (Lipinski definition) is 2. The second-order valence-electron chi connectivity index (χ2n) is 6.28. The first-order valence-electron chi connectivity index (χ1n) is 7.52. The van der Waals surface area contributed by atoms with Crippen molar-refractivity contribution in [2.75, 3.05) is 0 Å². The first-order valence-corrected chi connectivity index (χ1v) is 7.52. The summed E-state index contributed by atoms with van der Waals surface area (Å²) in [5, 5.41) is 5.06. The van der Waals surface area contributed by atoms with Crippen LogP contribution >= 0.6 is 0 Å². The summed E-state index contributed by atoms with van der Waals surface area (Å²) in [7, 11) is 0. The van der Waals surface area contributed by atoms with Crippen LogP contribution in [0.1, 0.15) is 38.7 Å². The molecule has 19 heavy (non-hydrogen) atoms. The van der Waals surface area contributed by atoms with Gasteiger partial charge in [-0.25, -0.2) is 0 Å². The number of H-pyrrole nitrogens is 1. The predicted molar refractivity (Wildman–Crippen MR) is 81.1 cm³/mol. The zero-order valence-electron chi connectivity index (χ0n) is 11.9. The molecule has 2 aromatic rings. The Kier molecular flexibility index (Phi) is 3.61. The molecule has 0 saturated heterocycles. The summed E-state index contributed by atoms with van der Waals surface area (Å²) in [5.41, 5.74) is 2.61. The van der Waals surface area contributed by atoms with Gasteiger partial charge in [-0.2, -0.15) is 0 Å². The molecule has 0 radical (unpaired) electrons. The van der Waals surface area contributed by atoms with Gasteiger partial charge in [0.1, 0.15) is 0 Å². The minimum Gasteiger partial charge on any atom is -0.361 e. The van der Waals surface area contributed by atoms with E-state index in [4.69, 9.17) is 0 Å². The maximum atomic E-state index is 3.75. The monoisotopic (exact) mass is 256 g/mol. The van der Waals surface area contributed by atoms with Gasteiger partial charge in [0, 0.05) is 24.3 Å². The van der Waals surface area contributed by atoms with Crippen LogP contribution in [0.15, 0.2) is 30.5 Å². The van der Waals surface area contributed by atoms with E-state index in [-0.39, 0.29) is 0 Å². The summed E-state index contributed by atoms with van der Waals surface area (Å²) in [4.78, 5) is 3.24. The highest BCUT2D eigenvalue weighted by atomic mass is 14.9. The highest BCUT2D eigenvalue weighted by Gasteiger charge is 2.24. The Balaban J connectivity index is 1.62. The van der Waals surface area contributed by atoms with E-state index in [0.717, 1.165) is 18.4 Å². The topological polar surface area (TPSA) is 27.8 Å². The van der Waals surface area contributed by atoms with Crippen molar-refractivity contribution in [3.8, 4) is 0 Å². The molecule has 0 aliphatic heterocycles. The molecule has 2 nitrogen and oxygen atoms in total. The lowest BCUT2D eigenvalue weighted by Gasteiger charge is -2.33. The van der Waals surface area contributed by atoms with Crippen molar-refractivity contribution in [2.45, 2.75) is 45.7 Å². The van der Waals surface area contributed by atoms with Gasteiger partial charge in [0.2, 0.25) is 0 Å². The van der Waals surface area contributed by atoms with Crippen LogP contribution in [0.4, 0.5) is 0 Å². The van der Waals surface area contributed by atoms with Crippen molar-refractivity contribution >= 4 is 10.9 Å². The zero-order valence-corrected chi connectivity index (χ0v) is 11.9. The van der Waals surface area contributed by atoms with Gasteiger partial charge in [0.25, 0.3) is 0 Å². The zero-order chi connectivity index (χ0) is 13.2. The molecule has 0 spiro atoms. The molecule has 3 atom stereocenters. The average molecular weight is 256 g/mol. The van der Waals surface area contributed by atoms with Crippen molar-refractivity contribution in [1.29, 1.82) is 0 Å². The van der Waals surface area contributed by atoms with Gasteiger partial charge in [0.15, 0.2) is 0 Å². The highest BCUT2D eigenvalue weighted by molar-refractivity contribution is 5.79. The SMILES string of the molecule is CC1CCC(NCc2ccc3[nH]ccc3c2)C(C)C1. The van der Waals surface area contributed by atoms with Crippen molar-refractivity contribution in [2.24, 2.45) is 11.8 Å². The molecule has 102 valence electrons. The lowest BCUT2D eigenvalue weighted by atomic mass is 9.80. The summed E-state index contributed by atoms with van der Waals surface area (Å²) in [6.45, 7) is 5.76. The Hall–Kier alpha value is -1.28. The van der Waals surface area contributed by atoms with E-state index in [1.165, 1.54) is 35.7 Å². The summed E-state index contributed by atoms with van der Waals surface area (Å²) in [5.74, 6) is 1.71. The van der Waals surface area contributed by atoms with Crippen molar-refractivity contribution in [3.05, 3.63) is 36.0 Å². The molecule has 2 heteroatoms. The molecule has 0 bridgehead atoms. The van der Waals surface area contributed by atoms with Crippen LogP contribution in [0.5, 0.6) is 0 Å². The number of nitrogens with one attached hydrogen (secondary N) is 2. The maximum absolute atomic E-state index is 3.75. The van der Waals surface area contributed by atoms with Crippen LogP contribution in [0.3, 0.4) is 0 Å². The van der Waals surface area contributed by atoms with Gasteiger partial charge in [-0.3, -0.25) is 0 Å². The fraction of sp³-hybridized carbons (Fsp3) is 0.529. The Morgan fingerprint density at radius 2 is 2.11 bits per heavy atom. The fourth-order valence-corrected chi connectivity index (χ4v) is 3.43. The van der Waals surface area contributed by atoms with Crippen LogP contribution in [0.25, 0.3) is 10.9 Å². The molecule has 1 aliphatic carbocycles. The minimum atomic E-state index is 0.693. The fourth-order valence-electron chi connectivity index (χ4n) is 3.43. The van der Waals surface area contributed by atoms with Crippen LogP contribution < -0.4 is 5.32 Å². The standard InChI is InChI=1S/C17H24N2/c1-12-3-5-16(13(2)9-12)19-11-14-4-6-17-15(10-14)7-8-18-17/h4,6-8,10,12-13,16,18-19H,3,5,9,11H2,1-2H3. The molecular formula is C17H24N2. The third kappa shape index (κ3) is 2.84. The Morgan fingerprint density at radius 3 is 2.95 bits per heavy atom. The number of aromatic amines is 1. The number of rotatable bonds is 3. The second-order valence-corrected chi connectivity index (χ2v) is 6.28. The molecule has 0 amide bonds. The number of benzene rings is 1. The molecule has 1 aliphatic rings. The number of aromatic nitrogens is 1. The molecule has 2 N–H and O–H groups in total. The summed E-state index contributed by atoms with van der Waals surface area (Å²) in [6.07, 6.45) is 6.08. The van der Waals surface area contributed by atoms with Gasteiger partial charge >= 0.3 is 0 Å². The molecule has 3 rings (SSSR count). The van der Waals surface area contributed by atoms with E-state index in [1.54, 1.807) is 0 Å². The average Bonchev–Trinajstić information content (AvgIpc) is 2.85. The Labute approximate surface area is 115 Å². The highest BCUT2D eigenvalue weighted by Crippen LogP contribution is 2.28. The van der Waals surface area contributed by atoms with E-state index in [0.29, 0.717) is 6.04 Å². The first kappa shape index (κ1) is 12.7. The Bertz CT molecular complexity index is 543. The second kappa shape index (κ2) is 5.38. The van der Waals surface area contributed by atoms with Crippen LogP contribution in [0, 0.1) is 11.8 Å². The predicted octanol–water partition coefficient (Wildman–Crippen LogP) is 4.08. The van der Waals surface area contributed by atoms with Crippen LogP contribution in [-0.2, 0) is 6.54 Å². The van der Waals surface area contributed by atoms with E-state index in [9.17, 15) is 0 Å². The quantitative estimate of drug-likeness (QED) is 0.850. The minimum absolute atomic E-state index is 0.693. The normalized spacial score (nSPS) is 27.8. The summed E-state index contributed by atoms with van der Waals surface area (Å²) >= 11 is 0. The lowest BCUT2D eigenvalue weighted by molar-refractivity contribution is 0.227. The van der Waals surface area contributed by atoms with Crippen molar-refractivity contribution in [1.82, 2.24) is 10.3 Å². The van der Waals surface area contributed by atoms with Gasteiger partial charge in [-0.05, 0) is 60.2 Å². The van der Waals surface area contributed by atoms with E-state index >= 15 is 0 Å². The van der Waals surface area contributed by atoms with Crippen LogP contribution in [-0.4, -0.2) is 11.0 Å². The van der Waals surface area contributed by atoms with Crippen LogP contribution in [0.2, 0.25) is 0 Å². The maximum Gasteiger partial charge on any atom is 0.0454 e. The number of hydrogen-bond acceptors (Lipinski definition) is 1. The lowest BCUT2D eigenvalue weighted by Crippen LogP contribution is -2.38. The molecule has 3 unspecified atom stereocenters. The van der Waals surface area contributed by atoms with Crippen molar-refractivity contribution in [3.63, 3.8) is 0 Å². The molecule has 1 saturated carbocycles. The largest absolute Gasteiger partial charge is 0.361 e. The smallest absolute Gasteiger partial charge is 0.0454 e. The molecule has 1 aromatic heterocycles. The third-order valence-electron chi connectivity index (χ3n) is 4.62. The molecule has 1 fully saturated rings. The summed E-state index contributed by atoms with van der Waals surface area (Å²) < 4.78 is 0. The summed E-state index contributed by atoms with van der Waals surface area (Å²) in [6, 6.07) is 9.53. The van der Waals surface area contributed by atoms with E-state index in [1.807, 2.05) is 6.20 Å². The first-order chi connectivity index (χ1) is 9.22. The molecule has 1 aromatic carbocycles. The molecule has 1 heterocycles. The Morgan fingerprint density at radius 1 is 1.21 bits per heavy atom. The van der Waals surface area contributed by atoms with Gasteiger partial charge < -0.3 is 10.3 Å². The third-order valence-corrected chi connectivity index (χ3v) is 4.62. The van der Waals surface area contributed by atoms with Gasteiger partial charge in [-0.1, -0.05) is 19.9 Å². The van der Waals surface area contributed by atoms with Gasteiger partial charge in [-0.15, -0.1) is 0 Å². The van der Waals surface area contributed by atoms with E-state index < -0.39 is 0 Å². The van der Waals surface area contributed by atoms with E-state index in [2.05, 4.69) is 48.4 Å². The van der Waals surface area contributed by atoms with Crippen molar-refractivity contribution < 1.29 is 0 Å². The van der Waals surface area contributed by atoms with Gasteiger partial charge in [0.05, 0.1) is 0 Å².